The summed E-state index contributed by atoms with van der Waals surface area (Å²) < 4.78 is 5.91. The number of phenols is 1. The zero-order chi connectivity index (χ0) is 17.2. The summed E-state index contributed by atoms with van der Waals surface area (Å²) in [5.41, 5.74) is 2.78. The zero-order valence-corrected chi connectivity index (χ0v) is 15.2. The predicted molar refractivity (Wildman–Crippen MR) is 95.6 cm³/mol. The second-order valence-corrected chi connectivity index (χ2v) is 5.75. The summed E-state index contributed by atoms with van der Waals surface area (Å²) in [6.45, 7) is 4.68. The van der Waals surface area contributed by atoms with Gasteiger partial charge in [-0.15, -0.1) is 0 Å². The van der Waals surface area contributed by atoms with E-state index in [1.165, 1.54) is 6.21 Å². The molecule has 0 unspecified atom stereocenters. The maximum atomic E-state index is 11.5. The first-order chi connectivity index (χ1) is 11.0. The molecule has 1 rings (SSSR count). The third-order valence-electron chi connectivity index (χ3n) is 2.75. The molecule has 2 amide bonds. The van der Waals surface area contributed by atoms with Crippen molar-refractivity contribution >= 4 is 40.6 Å². The summed E-state index contributed by atoms with van der Waals surface area (Å²) in [5, 5.41) is 16.1. The highest BCUT2D eigenvalue weighted by Crippen LogP contribution is 2.32. The predicted octanol–water partition coefficient (Wildman–Crippen LogP) is 1.76. The van der Waals surface area contributed by atoms with E-state index >= 15 is 0 Å². The monoisotopic (exact) mass is 433 g/mol. The van der Waals surface area contributed by atoms with Crippen molar-refractivity contribution in [3.05, 3.63) is 21.3 Å². The molecule has 1 aromatic carbocycles. The zero-order valence-electron chi connectivity index (χ0n) is 13.1. The Morgan fingerprint density at radius 3 is 2.74 bits per heavy atom. The van der Waals surface area contributed by atoms with Gasteiger partial charge in [0.2, 0.25) is 0 Å². The van der Waals surface area contributed by atoms with E-state index < -0.39 is 11.8 Å². The van der Waals surface area contributed by atoms with Crippen molar-refractivity contribution in [2.75, 3.05) is 13.2 Å². The molecule has 3 N–H and O–H groups in total. The number of nitrogens with one attached hydrogen (secondary N) is 2. The van der Waals surface area contributed by atoms with Gasteiger partial charge in [-0.25, -0.2) is 5.43 Å². The molecule has 0 bridgehead atoms. The molecular formula is C15H20IN3O4. The van der Waals surface area contributed by atoms with E-state index in [0.717, 1.165) is 12.8 Å². The van der Waals surface area contributed by atoms with Crippen molar-refractivity contribution < 1.29 is 19.4 Å². The van der Waals surface area contributed by atoms with E-state index in [2.05, 4.69) is 15.8 Å². The second kappa shape index (κ2) is 10.0. The Balaban J connectivity index is 2.64. The number of hydrogen-bond donors (Lipinski definition) is 3. The lowest BCUT2D eigenvalue weighted by Crippen LogP contribution is -2.38. The van der Waals surface area contributed by atoms with E-state index in [1.54, 1.807) is 12.1 Å². The van der Waals surface area contributed by atoms with E-state index in [4.69, 9.17) is 4.74 Å². The molecular weight excluding hydrogens is 413 g/mol. The van der Waals surface area contributed by atoms with Crippen LogP contribution in [-0.4, -0.2) is 36.3 Å². The summed E-state index contributed by atoms with van der Waals surface area (Å²) >= 11 is 1.97. The van der Waals surface area contributed by atoms with E-state index in [-0.39, 0.29) is 5.75 Å². The van der Waals surface area contributed by atoms with Crippen molar-refractivity contribution in [3.8, 4) is 11.5 Å². The summed E-state index contributed by atoms with van der Waals surface area (Å²) in [6, 6.07) is 3.27. The minimum atomic E-state index is -0.823. The number of unbranched alkanes of at least 4 members (excludes halogenated alkanes) is 1. The molecule has 126 valence electrons. The first-order valence-corrected chi connectivity index (χ1v) is 8.34. The van der Waals surface area contributed by atoms with Gasteiger partial charge < -0.3 is 15.2 Å². The largest absolute Gasteiger partial charge is 0.504 e. The van der Waals surface area contributed by atoms with Gasteiger partial charge in [0, 0.05) is 6.54 Å². The SMILES string of the molecule is CCCCNC(=O)C(=O)N/N=C\c1cc(I)c(O)c(OCC)c1. The number of hydrazone groups is 1. The minimum Gasteiger partial charge on any atom is -0.504 e. The number of aromatic hydroxyl groups is 1. The van der Waals surface area contributed by atoms with Crippen LogP contribution >= 0.6 is 22.6 Å². The highest BCUT2D eigenvalue weighted by molar-refractivity contribution is 14.1. The van der Waals surface area contributed by atoms with Gasteiger partial charge >= 0.3 is 11.8 Å². The number of phenolic OH excluding ortho intramolecular Hbond substituents is 1. The number of carbonyl (C=O) groups is 2. The first kappa shape index (κ1) is 19.2. The summed E-state index contributed by atoms with van der Waals surface area (Å²) in [4.78, 5) is 23.0. The van der Waals surface area contributed by atoms with Gasteiger partial charge in [0.1, 0.15) is 0 Å². The van der Waals surface area contributed by atoms with Crippen molar-refractivity contribution in [1.29, 1.82) is 0 Å². The van der Waals surface area contributed by atoms with Gasteiger partial charge in [0.15, 0.2) is 11.5 Å². The van der Waals surface area contributed by atoms with Crippen molar-refractivity contribution in [2.45, 2.75) is 26.7 Å². The van der Waals surface area contributed by atoms with Gasteiger partial charge in [-0.05, 0) is 53.6 Å². The highest BCUT2D eigenvalue weighted by Gasteiger charge is 2.11. The molecule has 0 aliphatic heterocycles. The number of hydrogen-bond acceptors (Lipinski definition) is 5. The van der Waals surface area contributed by atoms with Crippen LogP contribution in [0.1, 0.15) is 32.3 Å². The van der Waals surface area contributed by atoms with Crippen LogP contribution in [0.2, 0.25) is 0 Å². The van der Waals surface area contributed by atoms with Crippen LogP contribution in [0.15, 0.2) is 17.2 Å². The van der Waals surface area contributed by atoms with Crippen molar-refractivity contribution in [2.24, 2.45) is 5.10 Å². The molecule has 0 aliphatic rings. The summed E-state index contributed by atoms with van der Waals surface area (Å²) in [6.07, 6.45) is 3.12. The van der Waals surface area contributed by atoms with Crippen LogP contribution in [0.5, 0.6) is 11.5 Å². The van der Waals surface area contributed by atoms with Crippen LogP contribution in [0.4, 0.5) is 0 Å². The molecule has 0 spiro atoms. The quantitative estimate of drug-likeness (QED) is 0.201. The fourth-order valence-corrected chi connectivity index (χ4v) is 2.23. The molecule has 8 heteroatoms. The van der Waals surface area contributed by atoms with Gasteiger partial charge in [-0.3, -0.25) is 9.59 Å². The fraction of sp³-hybridized carbons (Fsp3) is 0.400. The Kier molecular flexibility index (Phi) is 8.38. The van der Waals surface area contributed by atoms with E-state index in [0.29, 0.717) is 28.0 Å². The third-order valence-corrected chi connectivity index (χ3v) is 3.57. The second-order valence-electron chi connectivity index (χ2n) is 4.59. The molecule has 0 heterocycles. The van der Waals surface area contributed by atoms with Crippen LogP contribution < -0.4 is 15.5 Å². The average molecular weight is 433 g/mol. The van der Waals surface area contributed by atoms with Crippen LogP contribution in [0.25, 0.3) is 0 Å². The van der Waals surface area contributed by atoms with E-state index in [1.807, 2.05) is 36.4 Å². The number of halogens is 1. The van der Waals surface area contributed by atoms with E-state index in [9.17, 15) is 14.7 Å². The van der Waals surface area contributed by atoms with Gasteiger partial charge in [0.05, 0.1) is 16.4 Å². The Morgan fingerprint density at radius 2 is 2.09 bits per heavy atom. The van der Waals surface area contributed by atoms with Gasteiger partial charge in [-0.1, -0.05) is 13.3 Å². The van der Waals surface area contributed by atoms with Crippen LogP contribution in [0.3, 0.4) is 0 Å². The van der Waals surface area contributed by atoms with Crippen molar-refractivity contribution in [3.63, 3.8) is 0 Å². The van der Waals surface area contributed by atoms with Crippen LogP contribution in [0, 0.1) is 3.57 Å². The normalized spacial score (nSPS) is 10.6. The number of nitrogens with zero attached hydrogens (tertiary/aromatic N) is 1. The number of benzene rings is 1. The molecule has 0 fully saturated rings. The molecule has 7 nitrogen and oxygen atoms in total. The number of carbonyl (C=O) groups excluding carboxylic acids is 2. The molecule has 0 atom stereocenters. The Hall–Kier alpha value is -1.84. The molecule has 1 aromatic rings. The Bertz CT molecular complexity index is 590. The number of rotatable bonds is 7. The summed E-state index contributed by atoms with van der Waals surface area (Å²) in [7, 11) is 0. The van der Waals surface area contributed by atoms with Gasteiger partial charge in [-0.2, -0.15) is 5.10 Å². The molecule has 0 saturated heterocycles. The third kappa shape index (κ3) is 6.43. The van der Waals surface area contributed by atoms with Crippen LogP contribution in [-0.2, 0) is 9.59 Å². The smallest absolute Gasteiger partial charge is 0.329 e. The molecule has 0 saturated carbocycles. The first-order valence-electron chi connectivity index (χ1n) is 7.26. The standard InChI is InChI=1S/C15H20IN3O4/c1-3-5-6-17-14(21)15(22)19-18-9-10-7-11(16)13(20)12(8-10)23-4-2/h7-9,20H,3-6H2,1-2H3,(H,17,21)(H,19,22)/b18-9-. The maximum absolute atomic E-state index is 11.5. The maximum Gasteiger partial charge on any atom is 0.329 e. The molecule has 0 radical (unpaired) electrons. The Morgan fingerprint density at radius 1 is 1.35 bits per heavy atom. The molecule has 0 aromatic heterocycles. The number of ether oxygens (including phenoxy) is 1. The lowest BCUT2D eigenvalue weighted by molar-refractivity contribution is -0.139. The lowest BCUT2D eigenvalue weighted by Gasteiger charge is -2.08. The van der Waals surface area contributed by atoms with Crippen molar-refractivity contribution in [1.82, 2.24) is 10.7 Å². The topological polar surface area (TPSA) is 100 Å². The minimum absolute atomic E-state index is 0.0592. The number of amides is 2. The van der Waals surface area contributed by atoms with Gasteiger partial charge in [0.25, 0.3) is 0 Å². The highest BCUT2D eigenvalue weighted by atomic mass is 127. The fourth-order valence-electron chi connectivity index (χ4n) is 1.61. The molecule has 23 heavy (non-hydrogen) atoms. The Labute approximate surface area is 148 Å². The molecule has 0 aliphatic carbocycles. The average Bonchev–Trinajstić information content (AvgIpc) is 2.52. The summed E-state index contributed by atoms with van der Waals surface area (Å²) in [5.74, 6) is -1.14. The lowest BCUT2D eigenvalue weighted by atomic mass is 10.2.